The summed E-state index contributed by atoms with van der Waals surface area (Å²) in [6, 6.07) is 0. The summed E-state index contributed by atoms with van der Waals surface area (Å²) in [5, 5.41) is 29.9. The molecule has 0 spiro atoms. The number of hydrogen-bond donors (Lipinski definition) is 3. The third-order valence-corrected chi connectivity index (χ3v) is 4.16. The van der Waals surface area contributed by atoms with Gasteiger partial charge in [-0.1, -0.05) is 17.7 Å². The van der Waals surface area contributed by atoms with E-state index in [0.29, 0.717) is 24.8 Å². The summed E-state index contributed by atoms with van der Waals surface area (Å²) in [4.78, 5) is 22.5. The van der Waals surface area contributed by atoms with E-state index in [1.54, 1.807) is 13.0 Å². The summed E-state index contributed by atoms with van der Waals surface area (Å²) in [6.07, 6.45) is 6.43. The van der Waals surface area contributed by atoms with Crippen molar-refractivity contribution in [2.45, 2.75) is 65.1 Å². The van der Waals surface area contributed by atoms with Gasteiger partial charge in [-0.15, -0.1) is 0 Å². The largest absolute Gasteiger partial charge is 0.478 e. The van der Waals surface area contributed by atoms with E-state index in [-0.39, 0.29) is 17.8 Å². The van der Waals surface area contributed by atoms with Crippen LogP contribution in [-0.4, -0.2) is 39.0 Å². The highest BCUT2D eigenvalue weighted by Gasteiger charge is 2.30. The van der Waals surface area contributed by atoms with Crippen LogP contribution in [0, 0.1) is 0 Å². The van der Waals surface area contributed by atoms with E-state index in [0.717, 1.165) is 5.57 Å². The summed E-state index contributed by atoms with van der Waals surface area (Å²) >= 11 is 0. The van der Waals surface area contributed by atoms with Gasteiger partial charge in [-0.2, -0.15) is 0 Å². The summed E-state index contributed by atoms with van der Waals surface area (Å²) in [6.45, 7) is 7.04. The van der Waals surface area contributed by atoms with Gasteiger partial charge in [0.05, 0.1) is 5.60 Å². The van der Waals surface area contributed by atoms with Crippen LogP contribution in [0.25, 0.3) is 0 Å². The number of aliphatic carboxylic acids is 1. The van der Waals surface area contributed by atoms with E-state index >= 15 is 0 Å². The lowest BCUT2D eigenvalue weighted by atomic mass is 9.91. The van der Waals surface area contributed by atoms with Crippen LogP contribution < -0.4 is 0 Å². The first kappa shape index (κ1) is 21.9. The molecule has 6 nitrogen and oxygen atoms in total. The maximum absolute atomic E-state index is 11.3. The third kappa shape index (κ3) is 6.98. The first-order valence-corrected chi connectivity index (χ1v) is 8.61. The molecule has 6 heteroatoms. The van der Waals surface area contributed by atoms with Crippen molar-refractivity contribution in [1.29, 1.82) is 0 Å². The van der Waals surface area contributed by atoms with Crippen molar-refractivity contribution in [1.82, 2.24) is 0 Å². The highest BCUT2D eigenvalue weighted by atomic mass is 16.5. The van der Waals surface area contributed by atoms with E-state index in [2.05, 4.69) is 0 Å². The number of rotatable bonds is 9. The molecule has 1 aliphatic heterocycles. The number of carbonyl (C=O) groups excluding carboxylic acids is 1. The monoisotopic (exact) mass is 364 g/mol. The molecule has 0 amide bonds. The maximum atomic E-state index is 11.3. The molecule has 1 heterocycles. The van der Waals surface area contributed by atoms with Gasteiger partial charge in [0, 0.05) is 11.6 Å². The quantitative estimate of drug-likeness (QED) is 0.330. The molecule has 0 radical (unpaired) electrons. The Balaban J connectivity index is 2.68. The van der Waals surface area contributed by atoms with Crippen LogP contribution in [0.15, 0.2) is 46.8 Å². The number of carboxylic acid groups (broad SMARTS) is 1. The number of carboxylic acids is 1. The average Bonchev–Trinajstić information content (AvgIpc) is 2.82. The average molecular weight is 364 g/mol. The van der Waals surface area contributed by atoms with Crippen molar-refractivity contribution in [2.75, 3.05) is 0 Å². The Morgan fingerprint density at radius 2 is 1.96 bits per heavy atom. The minimum atomic E-state index is -1.48. The predicted molar refractivity (Wildman–Crippen MR) is 98.2 cm³/mol. The van der Waals surface area contributed by atoms with Crippen molar-refractivity contribution in [3.05, 3.63) is 46.8 Å². The van der Waals surface area contributed by atoms with Gasteiger partial charge in [0.15, 0.2) is 0 Å². The molecule has 0 saturated heterocycles. The van der Waals surface area contributed by atoms with Gasteiger partial charge < -0.3 is 20.1 Å². The first-order chi connectivity index (χ1) is 12.0. The van der Waals surface area contributed by atoms with E-state index in [1.165, 1.54) is 19.1 Å². The number of aliphatic hydroxyl groups is 2. The molecule has 26 heavy (non-hydrogen) atoms. The molecule has 0 saturated carbocycles. The molecule has 0 aromatic carbocycles. The molecule has 1 rings (SSSR count). The molecule has 0 aliphatic carbocycles. The zero-order chi connectivity index (χ0) is 19.9. The molecule has 3 N–H and O–H groups in total. The van der Waals surface area contributed by atoms with E-state index in [4.69, 9.17) is 4.74 Å². The second kappa shape index (κ2) is 9.50. The standard InChI is InChI=1S/C20H28O6/c1-13(2)7-5-8-15(19(23)24)9-6-10-20(4,25)17(21)12-16-14(3)11-18(22)26-16/h7,9,11-12,17,21,25H,5-6,8,10H2,1-4H3,(H,23,24)/b15-9-,16-12-. The highest BCUT2D eigenvalue weighted by molar-refractivity contribution is 5.88. The Labute approximate surface area is 154 Å². The molecule has 1 aliphatic rings. The van der Waals surface area contributed by atoms with Gasteiger partial charge in [-0.05, 0) is 65.0 Å². The normalized spacial score (nSPS) is 19.6. The molecular weight excluding hydrogens is 336 g/mol. The second-order valence-electron chi connectivity index (χ2n) is 6.97. The summed E-state index contributed by atoms with van der Waals surface area (Å²) in [5.41, 5.74) is 0.514. The molecule has 0 aromatic rings. The lowest BCUT2D eigenvalue weighted by molar-refractivity contribution is -0.133. The fraction of sp³-hybridized carbons (Fsp3) is 0.500. The fourth-order valence-corrected chi connectivity index (χ4v) is 2.45. The zero-order valence-corrected chi connectivity index (χ0v) is 15.8. The molecule has 2 atom stereocenters. The number of carbonyl (C=O) groups is 2. The highest BCUT2D eigenvalue weighted by Crippen LogP contribution is 2.25. The maximum Gasteiger partial charge on any atom is 0.336 e. The number of aliphatic hydroxyl groups excluding tert-OH is 1. The van der Waals surface area contributed by atoms with Gasteiger partial charge in [0.2, 0.25) is 0 Å². The van der Waals surface area contributed by atoms with Crippen LogP contribution in [0.4, 0.5) is 0 Å². The van der Waals surface area contributed by atoms with Gasteiger partial charge >= 0.3 is 11.9 Å². The smallest absolute Gasteiger partial charge is 0.336 e. The number of hydrogen-bond acceptors (Lipinski definition) is 5. The Hall–Kier alpha value is -2.18. The first-order valence-electron chi connectivity index (χ1n) is 8.61. The van der Waals surface area contributed by atoms with Crippen molar-refractivity contribution < 1.29 is 29.6 Å². The SMILES string of the molecule is CC(C)=CCC/C(=C/CCC(C)(O)C(O)/C=C1\OC(=O)C=C1C)C(=O)O. The van der Waals surface area contributed by atoms with E-state index in [1.807, 2.05) is 19.9 Å². The van der Waals surface area contributed by atoms with Crippen LogP contribution in [0.1, 0.15) is 53.4 Å². The molecular formula is C20H28O6. The number of allylic oxidation sites excluding steroid dienone is 4. The van der Waals surface area contributed by atoms with Gasteiger partial charge in [0.25, 0.3) is 0 Å². The Kier molecular flexibility index (Phi) is 7.99. The Bertz CT molecular complexity index is 660. The van der Waals surface area contributed by atoms with Crippen molar-refractivity contribution in [3.8, 4) is 0 Å². The zero-order valence-electron chi connectivity index (χ0n) is 15.8. The molecule has 144 valence electrons. The van der Waals surface area contributed by atoms with Crippen LogP contribution >= 0.6 is 0 Å². The summed E-state index contributed by atoms with van der Waals surface area (Å²) < 4.78 is 4.94. The minimum Gasteiger partial charge on any atom is -0.478 e. The Morgan fingerprint density at radius 3 is 2.46 bits per heavy atom. The lowest BCUT2D eigenvalue weighted by Gasteiger charge is -2.27. The fourth-order valence-electron chi connectivity index (χ4n) is 2.45. The van der Waals surface area contributed by atoms with E-state index in [9.17, 15) is 24.9 Å². The minimum absolute atomic E-state index is 0.161. The van der Waals surface area contributed by atoms with Crippen molar-refractivity contribution >= 4 is 11.9 Å². The molecule has 0 fully saturated rings. The van der Waals surface area contributed by atoms with Crippen molar-refractivity contribution in [2.24, 2.45) is 0 Å². The topological polar surface area (TPSA) is 104 Å². The number of esters is 1. The Morgan fingerprint density at radius 1 is 1.31 bits per heavy atom. The molecule has 0 aromatic heterocycles. The van der Waals surface area contributed by atoms with Crippen LogP contribution in [-0.2, 0) is 14.3 Å². The van der Waals surface area contributed by atoms with Gasteiger partial charge in [0.1, 0.15) is 11.9 Å². The summed E-state index contributed by atoms with van der Waals surface area (Å²) in [7, 11) is 0. The lowest BCUT2D eigenvalue weighted by Crippen LogP contribution is -2.38. The predicted octanol–water partition coefficient (Wildman–Crippen LogP) is 3.02. The van der Waals surface area contributed by atoms with Crippen molar-refractivity contribution in [3.63, 3.8) is 0 Å². The van der Waals surface area contributed by atoms with E-state index < -0.39 is 23.6 Å². The number of cyclic esters (lactones) is 1. The van der Waals surface area contributed by atoms with Crippen LogP contribution in [0.3, 0.4) is 0 Å². The summed E-state index contributed by atoms with van der Waals surface area (Å²) in [5.74, 6) is -1.26. The third-order valence-electron chi connectivity index (χ3n) is 4.16. The number of ether oxygens (including phenoxy) is 1. The molecule has 2 unspecified atom stereocenters. The van der Waals surface area contributed by atoms with Gasteiger partial charge in [-0.25, -0.2) is 9.59 Å². The van der Waals surface area contributed by atoms with Crippen LogP contribution in [0.2, 0.25) is 0 Å². The second-order valence-corrected chi connectivity index (χ2v) is 6.97. The van der Waals surface area contributed by atoms with Gasteiger partial charge in [-0.3, -0.25) is 0 Å². The molecule has 0 bridgehead atoms. The van der Waals surface area contributed by atoms with Crippen LogP contribution in [0.5, 0.6) is 0 Å².